The molecule has 24 heteroatoms. The summed E-state index contributed by atoms with van der Waals surface area (Å²) < 4.78 is 52.1. The zero-order valence-corrected chi connectivity index (χ0v) is 21.2. The van der Waals surface area contributed by atoms with Crippen molar-refractivity contribution in [3.8, 4) is 0 Å². The number of nitrogens with zero attached hydrogens (tertiary/aromatic N) is 4. The summed E-state index contributed by atoms with van der Waals surface area (Å²) in [5.74, 6) is -1.96. The van der Waals surface area contributed by atoms with E-state index in [0.29, 0.717) is 0 Å². The number of anilines is 1. The molecule has 0 radical (unpaired) electrons. The molecule has 1 fully saturated rings. The number of carbonyl (C=O) groups excluding carboxylic acids is 1. The number of aliphatic hydroxyl groups is 2. The van der Waals surface area contributed by atoms with Crippen molar-refractivity contribution in [2.24, 2.45) is 0 Å². The first-order valence-corrected chi connectivity index (χ1v) is 14.5. The molecule has 0 saturated carbocycles. The van der Waals surface area contributed by atoms with Gasteiger partial charge in [-0.05, 0) is 0 Å². The predicted molar refractivity (Wildman–Crippen MR) is 117 cm³/mol. The highest BCUT2D eigenvalue weighted by Gasteiger charge is 2.47. The highest BCUT2D eigenvalue weighted by molar-refractivity contribution is 7.66. The monoisotopic (exact) mass is 607 g/mol. The molecule has 0 spiro atoms. The zero-order valence-electron chi connectivity index (χ0n) is 18.5. The van der Waals surface area contributed by atoms with E-state index in [0.717, 1.165) is 17.2 Å². The van der Waals surface area contributed by atoms with Crippen molar-refractivity contribution in [1.82, 2.24) is 19.5 Å². The van der Waals surface area contributed by atoms with Gasteiger partial charge in [0.15, 0.2) is 23.2 Å². The molecule has 38 heavy (non-hydrogen) atoms. The molecule has 212 valence electrons. The van der Waals surface area contributed by atoms with Gasteiger partial charge in [-0.3, -0.25) is 18.7 Å². The molecule has 3 rings (SSSR count). The molecule has 3 heterocycles. The molecule has 8 N–H and O–H groups in total. The smallest absolute Gasteiger partial charge is 0.481 e. The number of rotatable bonds is 12. The number of carboxylic acids is 1. The van der Waals surface area contributed by atoms with E-state index >= 15 is 0 Å². The summed E-state index contributed by atoms with van der Waals surface area (Å²) in [5, 5.41) is 31.8. The number of ether oxygens (including phenoxy) is 1. The minimum atomic E-state index is -5.77. The normalized spacial score (nSPS) is 25.1. The Hall–Kier alpha value is -2.22. The number of phosphoric ester groups is 1. The third-order valence-corrected chi connectivity index (χ3v) is 8.41. The lowest BCUT2D eigenvalue weighted by Crippen LogP contribution is -2.33. The van der Waals surface area contributed by atoms with E-state index in [4.69, 9.17) is 19.6 Å². The molecular formula is C14H20N5O16P3. The second-order valence-electron chi connectivity index (χ2n) is 7.42. The zero-order chi connectivity index (χ0) is 28.5. The van der Waals surface area contributed by atoms with E-state index in [9.17, 15) is 43.3 Å². The lowest BCUT2D eigenvalue weighted by Gasteiger charge is -2.19. The number of hydrogen-bond acceptors (Lipinski definition) is 14. The quantitative estimate of drug-likeness (QED) is 0.128. The number of hydrogen-bond donors (Lipinski definition) is 8. The number of amides is 1. The minimum absolute atomic E-state index is 0.00169. The molecule has 2 aromatic heterocycles. The van der Waals surface area contributed by atoms with Gasteiger partial charge in [0.25, 0.3) is 0 Å². The number of phosphoric acid groups is 3. The first kappa shape index (κ1) is 30.3. The second kappa shape index (κ2) is 11.5. The van der Waals surface area contributed by atoms with Crippen LogP contribution >= 0.6 is 23.5 Å². The van der Waals surface area contributed by atoms with E-state index < -0.39 is 72.9 Å². The highest BCUT2D eigenvalue weighted by atomic mass is 31.3. The van der Waals surface area contributed by atoms with Gasteiger partial charge in [-0.15, -0.1) is 0 Å². The number of fused-ring (bicyclic) bond motifs is 1. The van der Waals surface area contributed by atoms with Crippen LogP contribution in [0, 0.1) is 0 Å². The molecule has 0 bridgehead atoms. The standard InChI is InChI=1S/C14H20N5O16P3/c20-7(1-2-8(21)22)18-12-9-13(16-4-15-12)19(5-17-9)14-11(24)10(23)6(33-14)3-32-37(28,29)35-38(30,31)34-36(25,26)27/h4-6,10-11,14,23-24H,1-3H2,(H,21,22)(H,28,29)(H,30,31)(H2,25,26,27)(H,15,16,18,20)/t6-,10-,11-,14-/m1/s1. The van der Waals surface area contributed by atoms with Crippen LogP contribution in [0.3, 0.4) is 0 Å². The summed E-state index contributed by atoms with van der Waals surface area (Å²) in [4.78, 5) is 70.3. The molecule has 6 atom stereocenters. The third-order valence-electron chi connectivity index (χ3n) is 4.61. The van der Waals surface area contributed by atoms with Crippen LogP contribution in [-0.4, -0.2) is 91.2 Å². The number of aliphatic carboxylic acids is 1. The van der Waals surface area contributed by atoms with Crippen LogP contribution in [0.2, 0.25) is 0 Å². The van der Waals surface area contributed by atoms with Gasteiger partial charge in [0.1, 0.15) is 24.6 Å². The maximum absolute atomic E-state index is 12.0. The van der Waals surface area contributed by atoms with Crippen molar-refractivity contribution in [2.75, 3.05) is 11.9 Å². The molecule has 1 amide bonds. The molecule has 2 aromatic rings. The number of imidazole rings is 1. The largest absolute Gasteiger partial charge is 0.490 e. The fraction of sp³-hybridized carbons (Fsp3) is 0.500. The van der Waals surface area contributed by atoms with E-state index in [1.165, 1.54) is 0 Å². The summed E-state index contributed by atoms with van der Waals surface area (Å²) in [6.07, 6.45) is -5.17. The summed E-state index contributed by atoms with van der Waals surface area (Å²) >= 11 is 0. The molecule has 0 aromatic carbocycles. The minimum Gasteiger partial charge on any atom is -0.481 e. The van der Waals surface area contributed by atoms with E-state index in [1.807, 2.05) is 0 Å². The number of aliphatic hydroxyl groups excluding tert-OH is 2. The lowest BCUT2D eigenvalue weighted by molar-refractivity contribution is -0.138. The number of carboxylic acid groups (broad SMARTS) is 1. The van der Waals surface area contributed by atoms with E-state index in [-0.39, 0.29) is 23.4 Å². The van der Waals surface area contributed by atoms with E-state index in [2.05, 4.69) is 33.4 Å². The van der Waals surface area contributed by atoms with E-state index in [1.54, 1.807) is 0 Å². The van der Waals surface area contributed by atoms with Crippen LogP contribution in [0.5, 0.6) is 0 Å². The average molecular weight is 607 g/mol. The van der Waals surface area contributed by atoms with Crippen molar-refractivity contribution in [3.05, 3.63) is 12.7 Å². The van der Waals surface area contributed by atoms with Crippen molar-refractivity contribution in [1.29, 1.82) is 0 Å². The van der Waals surface area contributed by atoms with Gasteiger partial charge < -0.3 is 44.9 Å². The summed E-state index contributed by atoms with van der Waals surface area (Å²) in [6.45, 7) is -1.04. The van der Waals surface area contributed by atoms with Crippen molar-refractivity contribution in [3.63, 3.8) is 0 Å². The van der Waals surface area contributed by atoms with Crippen LogP contribution in [0.4, 0.5) is 5.82 Å². The van der Waals surface area contributed by atoms with Gasteiger partial charge in [-0.2, -0.15) is 8.62 Å². The molecule has 1 aliphatic heterocycles. The van der Waals surface area contributed by atoms with Crippen LogP contribution < -0.4 is 5.32 Å². The molecule has 21 nitrogen and oxygen atoms in total. The fourth-order valence-corrected chi connectivity index (χ4v) is 6.14. The Kier molecular flexibility index (Phi) is 9.17. The Morgan fingerprint density at radius 2 is 1.68 bits per heavy atom. The maximum Gasteiger partial charge on any atom is 0.490 e. The fourth-order valence-electron chi connectivity index (χ4n) is 3.11. The third kappa shape index (κ3) is 7.90. The molecular weight excluding hydrogens is 587 g/mol. The second-order valence-corrected chi connectivity index (χ2v) is 11.8. The highest BCUT2D eigenvalue weighted by Crippen LogP contribution is 2.66. The molecule has 1 aliphatic rings. The van der Waals surface area contributed by atoms with Gasteiger partial charge in [0.05, 0.1) is 19.4 Å². The SMILES string of the molecule is O=C(O)CCC(=O)Nc1ncnc2c1ncn2[C@@H]1O[C@H](COP(=O)(O)OP(=O)(O)OP(=O)(O)O)[C@@H](O)[C@H]1O. The summed E-state index contributed by atoms with van der Waals surface area (Å²) in [5.41, 5.74) is -0.0171. The Balaban J connectivity index is 1.71. The number of aromatic nitrogens is 4. The predicted octanol–water partition coefficient (Wildman–Crippen LogP) is -1.41. The number of nitrogens with one attached hydrogen (secondary N) is 1. The van der Waals surface area contributed by atoms with Gasteiger partial charge in [-0.1, -0.05) is 0 Å². The van der Waals surface area contributed by atoms with Crippen LogP contribution in [0.1, 0.15) is 19.1 Å². The lowest BCUT2D eigenvalue weighted by atomic mass is 10.1. The first-order valence-electron chi connectivity index (χ1n) is 9.97. The van der Waals surface area contributed by atoms with Gasteiger partial charge in [0, 0.05) is 6.42 Å². The summed E-state index contributed by atoms with van der Waals surface area (Å²) in [6, 6.07) is 0. The van der Waals surface area contributed by atoms with Gasteiger partial charge >= 0.3 is 29.4 Å². The first-order chi connectivity index (χ1) is 17.5. The van der Waals surface area contributed by atoms with Crippen LogP contribution in [0.25, 0.3) is 11.2 Å². The van der Waals surface area contributed by atoms with Gasteiger partial charge in [0.2, 0.25) is 5.91 Å². The Labute approximate surface area is 210 Å². The van der Waals surface area contributed by atoms with Crippen molar-refractivity contribution in [2.45, 2.75) is 37.4 Å². The molecule has 1 saturated heterocycles. The summed E-state index contributed by atoms with van der Waals surface area (Å²) in [7, 11) is -16.9. The number of carbonyl (C=O) groups is 2. The molecule has 0 aliphatic carbocycles. The Morgan fingerprint density at radius 1 is 1.00 bits per heavy atom. The van der Waals surface area contributed by atoms with Crippen LogP contribution in [-0.2, 0) is 41.2 Å². The topological polar surface area (TPSA) is 320 Å². The van der Waals surface area contributed by atoms with Gasteiger partial charge in [-0.25, -0.2) is 28.6 Å². The maximum atomic E-state index is 12.0. The van der Waals surface area contributed by atoms with Crippen molar-refractivity contribution >= 4 is 52.3 Å². The average Bonchev–Trinajstić information content (AvgIpc) is 3.30. The van der Waals surface area contributed by atoms with Crippen LogP contribution in [0.15, 0.2) is 12.7 Å². The Morgan fingerprint density at radius 3 is 2.32 bits per heavy atom. The molecule has 2 unspecified atom stereocenters. The van der Waals surface area contributed by atoms with Crippen molar-refractivity contribution < 1.29 is 76.1 Å². The Bertz CT molecular complexity index is 1350.